The van der Waals surface area contributed by atoms with Crippen LogP contribution in [-0.2, 0) is 4.79 Å². The zero-order valence-corrected chi connectivity index (χ0v) is 8.55. The monoisotopic (exact) mass is 179 g/mol. The van der Waals surface area contributed by atoms with E-state index in [4.69, 9.17) is 0 Å². The summed E-state index contributed by atoms with van der Waals surface area (Å²) in [5, 5.41) is 2.70. The third-order valence-corrected chi connectivity index (χ3v) is 1.58. The van der Waals surface area contributed by atoms with E-state index in [2.05, 4.69) is 11.9 Å². The van der Waals surface area contributed by atoms with E-state index >= 15 is 0 Å². The summed E-state index contributed by atoms with van der Waals surface area (Å²) in [5.74, 6) is -0.0557. The van der Waals surface area contributed by atoms with E-state index in [0.29, 0.717) is 0 Å². The molecule has 0 saturated heterocycles. The normalized spacial score (nSPS) is 11.8. The van der Waals surface area contributed by atoms with E-state index in [1.54, 1.807) is 0 Å². The molecule has 0 saturated carbocycles. The Morgan fingerprint density at radius 1 is 1.46 bits per heavy atom. The maximum absolute atomic E-state index is 10.7. The molecule has 0 unspecified atom stereocenters. The topological polar surface area (TPSA) is 29.1 Å². The molecule has 0 aromatic heterocycles. The van der Waals surface area contributed by atoms with Crippen molar-refractivity contribution in [3.63, 3.8) is 0 Å². The van der Waals surface area contributed by atoms with Crippen LogP contribution in [0.5, 0.6) is 0 Å². The first-order valence-corrected chi connectivity index (χ1v) is 4.40. The summed E-state index contributed by atoms with van der Waals surface area (Å²) in [6, 6.07) is 0. The molecule has 0 bridgehead atoms. The van der Waals surface area contributed by atoms with E-state index in [9.17, 15) is 4.79 Å². The number of amides is 1. The first-order chi connectivity index (χ1) is 6.10. The zero-order chi connectivity index (χ0) is 10.3. The molecular formula is C11H17NO. The molecule has 0 fully saturated rings. The minimum absolute atomic E-state index is 0.0557. The second kappa shape index (κ2) is 6.23. The van der Waals surface area contributed by atoms with Gasteiger partial charge in [0.1, 0.15) is 0 Å². The molecule has 0 aliphatic heterocycles. The van der Waals surface area contributed by atoms with Gasteiger partial charge in [0.2, 0.25) is 5.91 Å². The van der Waals surface area contributed by atoms with Gasteiger partial charge < -0.3 is 5.32 Å². The van der Waals surface area contributed by atoms with Gasteiger partial charge in [-0.25, -0.2) is 0 Å². The quantitative estimate of drug-likeness (QED) is 0.660. The lowest BCUT2D eigenvalue weighted by molar-refractivity contribution is -0.118. The Morgan fingerprint density at radius 3 is 2.46 bits per heavy atom. The van der Waals surface area contributed by atoms with E-state index in [0.717, 1.165) is 17.7 Å². The van der Waals surface area contributed by atoms with E-state index < -0.39 is 0 Å². The molecule has 0 aromatic rings. The minimum atomic E-state index is -0.0557. The van der Waals surface area contributed by atoms with Crippen molar-refractivity contribution in [2.75, 3.05) is 0 Å². The Kier molecular flexibility index (Phi) is 5.60. The molecule has 2 heteroatoms. The molecule has 2 nitrogen and oxygen atoms in total. The first-order valence-electron chi connectivity index (χ1n) is 4.40. The SMILES string of the molecule is C=C(C=CC(=CC)NC(C)=O)CC. The Morgan fingerprint density at radius 2 is 2.08 bits per heavy atom. The largest absolute Gasteiger partial charge is 0.327 e. The molecule has 0 aromatic carbocycles. The number of carbonyl (C=O) groups excluding carboxylic acids is 1. The van der Waals surface area contributed by atoms with Gasteiger partial charge in [-0.15, -0.1) is 0 Å². The maximum Gasteiger partial charge on any atom is 0.221 e. The highest BCUT2D eigenvalue weighted by Gasteiger charge is 1.92. The van der Waals surface area contributed by atoms with Crippen LogP contribution in [0, 0.1) is 0 Å². The fourth-order valence-corrected chi connectivity index (χ4v) is 0.739. The summed E-state index contributed by atoms with van der Waals surface area (Å²) in [4.78, 5) is 10.7. The summed E-state index contributed by atoms with van der Waals surface area (Å²) in [5.41, 5.74) is 1.85. The summed E-state index contributed by atoms with van der Waals surface area (Å²) < 4.78 is 0. The van der Waals surface area contributed by atoms with Gasteiger partial charge in [-0.1, -0.05) is 31.2 Å². The van der Waals surface area contributed by atoms with Crippen molar-refractivity contribution in [1.82, 2.24) is 5.32 Å². The summed E-state index contributed by atoms with van der Waals surface area (Å²) in [7, 11) is 0. The standard InChI is InChI=1S/C11H17NO/c1-5-9(3)7-8-11(6-2)12-10(4)13/h6-8H,3,5H2,1-2,4H3,(H,12,13). The maximum atomic E-state index is 10.7. The first kappa shape index (κ1) is 11.7. The second-order valence-corrected chi connectivity index (χ2v) is 2.77. The fraction of sp³-hybridized carbons (Fsp3) is 0.364. The molecular weight excluding hydrogens is 162 g/mol. The number of hydrogen-bond acceptors (Lipinski definition) is 1. The molecule has 13 heavy (non-hydrogen) atoms. The lowest BCUT2D eigenvalue weighted by Gasteiger charge is -2.01. The smallest absolute Gasteiger partial charge is 0.221 e. The Labute approximate surface area is 80.0 Å². The average molecular weight is 179 g/mol. The molecule has 0 spiro atoms. The van der Waals surface area contributed by atoms with Crippen LogP contribution in [-0.4, -0.2) is 5.91 Å². The summed E-state index contributed by atoms with van der Waals surface area (Å²) in [6.07, 6.45) is 6.53. The van der Waals surface area contributed by atoms with Gasteiger partial charge in [-0.05, 0) is 19.4 Å². The molecule has 0 aliphatic carbocycles. The van der Waals surface area contributed by atoms with Crippen LogP contribution in [0.25, 0.3) is 0 Å². The van der Waals surface area contributed by atoms with Crippen LogP contribution in [0.1, 0.15) is 27.2 Å². The number of rotatable bonds is 4. The average Bonchev–Trinajstić information content (AvgIpc) is 2.10. The van der Waals surface area contributed by atoms with Crippen molar-refractivity contribution in [3.05, 3.63) is 36.1 Å². The number of hydrogen-bond donors (Lipinski definition) is 1. The minimum Gasteiger partial charge on any atom is -0.327 e. The Balaban J connectivity index is 4.22. The Bertz CT molecular complexity index is 249. The van der Waals surface area contributed by atoms with Gasteiger partial charge in [-0.2, -0.15) is 0 Å². The van der Waals surface area contributed by atoms with Crippen LogP contribution in [0.2, 0.25) is 0 Å². The second-order valence-electron chi connectivity index (χ2n) is 2.77. The van der Waals surface area contributed by atoms with Crippen molar-refractivity contribution in [2.45, 2.75) is 27.2 Å². The van der Waals surface area contributed by atoms with E-state index in [1.165, 1.54) is 6.92 Å². The van der Waals surface area contributed by atoms with Gasteiger partial charge in [0, 0.05) is 12.6 Å². The van der Waals surface area contributed by atoms with Gasteiger partial charge in [0.25, 0.3) is 0 Å². The fourth-order valence-electron chi connectivity index (χ4n) is 0.739. The third kappa shape index (κ3) is 5.91. The van der Waals surface area contributed by atoms with Gasteiger partial charge in [0.05, 0.1) is 0 Å². The van der Waals surface area contributed by atoms with Crippen molar-refractivity contribution in [2.24, 2.45) is 0 Å². The van der Waals surface area contributed by atoms with Gasteiger partial charge >= 0.3 is 0 Å². The van der Waals surface area contributed by atoms with E-state index in [1.807, 2.05) is 32.1 Å². The molecule has 0 rings (SSSR count). The lowest BCUT2D eigenvalue weighted by Crippen LogP contribution is -2.17. The Hall–Kier alpha value is -1.31. The number of allylic oxidation sites excluding steroid dienone is 4. The molecule has 1 N–H and O–H groups in total. The highest BCUT2D eigenvalue weighted by molar-refractivity contribution is 5.75. The predicted molar refractivity (Wildman–Crippen MR) is 56.1 cm³/mol. The van der Waals surface area contributed by atoms with Crippen LogP contribution in [0.15, 0.2) is 36.1 Å². The highest BCUT2D eigenvalue weighted by Crippen LogP contribution is 2.01. The van der Waals surface area contributed by atoms with Crippen molar-refractivity contribution in [3.8, 4) is 0 Å². The third-order valence-electron chi connectivity index (χ3n) is 1.58. The summed E-state index contributed by atoms with van der Waals surface area (Å²) in [6.45, 7) is 9.25. The van der Waals surface area contributed by atoms with Crippen molar-refractivity contribution in [1.29, 1.82) is 0 Å². The van der Waals surface area contributed by atoms with Crippen LogP contribution >= 0.6 is 0 Å². The molecule has 1 amide bonds. The zero-order valence-electron chi connectivity index (χ0n) is 8.55. The van der Waals surface area contributed by atoms with Crippen molar-refractivity contribution < 1.29 is 4.79 Å². The number of nitrogens with one attached hydrogen (secondary N) is 1. The highest BCUT2D eigenvalue weighted by atomic mass is 16.1. The lowest BCUT2D eigenvalue weighted by atomic mass is 10.2. The predicted octanol–water partition coefficient (Wildman–Crippen LogP) is 2.55. The molecule has 72 valence electrons. The summed E-state index contributed by atoms with van der Waals surface area (Å²) >= 11 is 0. The van der Waals surface area contributed by atoms with Crippen LogP contribution < -0.4 is 5.32 Å². The number of carbonyl (C=O) groups is 1. The molecule has 0 atom stereocenters. The molecule has 0 heterocycles. The van der Waals surface area contributed by atoms with Crippen molar-refractivity contribution >= 4 is 5.91 Å². The van der Waals surface area contributed by atoms with Gasteiger partial charge in [-0.3, -0.25) is 4.79 Å². The molecule has 0 radical (unpaired) electrons. The van der Waals surface area contributed by atoms with Crippen LogP contribution in [0.3, 0.4) is 0 Å². The van der Waals surface area contributed by atoms with Crippen LogP contribution in [0.4, 0.5) is 0 Å². The molecule has 0 aliphatic rings. The van der Waals surface area contributed by atoms with Gasteiger partial charge in [0.15, 0.2) is 0 Å². The van der Waals surface area contributed by atoms with E-state index in [-0.39, 0.29) is 5.91 Å².